The third kappa shape index (κ3) is 3.30. The van der Waals surface area contributed by atoms with Gasteiger partial charge in [-0.2, -0.15) is 0 Å². The summed E-state index contributed by atoms with van der Waals surface area (Å²) in [5, 5.41) is 11.2. The van der Waals surface area contributed by atoms with Gasteiger partial charge >= 0.3 is 0 Å². The van der Waals surface area contributed by atoms with Crippen LogP contribution in [0.25, 0.3) is 0 Å². The Kier molecular flexibility index (Phi) is 5.34. The lowest BCUT2D eigenvalue weighted by Gasteiger charge is -2.31. The van der Waals surface area contributed by atoms with Crippen LogP contribution in [-0.2, 0) is 4.79 Å². The Hall–Kier alpha value is -3.69. The molecule has 2 unspecified atom stereocenters. The molecule has 0 saturated carbocycles. The summed E-state index contributed by atoms with van der Waals surface area (Å²) < 4.78 is 26.7. The Balaban J connectivity index is 1.88. The fraction of sp³-hybridized carbons (Fsp3) is 0.250. The quantitative estimate of drug-likeness (QED) is 0.423. The summed E-state index contributed by atoms with van der Waals surface area (Å²) in [5.41, 5.74) is -0.708. The molecule has 2 aromatic carbocycles. The van der Waals surface area contributed by atoms with Crippen molar-refractivity contribution in [1.29, 1.82) is 0 Å². The van der Waals surface area contributed by atoms with Crippen LogP contribution in [0.3, 0.4) is 0 Å². The predicted octanol–water partition coefficient (Wildman–Crippen LogP) is 3.08. The number of carbonyl (C=O) groups excluding carboxylic acids is 3. The maximum absolute atomic E-state index is 13.5. The molecule has 0 spiro atoms. The molecule has 0 saturated heterocycles. The maximum atomic E-state index is 13.5. The van der Waals surface area contributed by atoms with Crippen LogP contribution in [0, 0.1) is 21.7 Å². The second-order valence-electron chi connectivity index (χ2n) is 6.91. The first-order valence-corrected chi connectivity index (χ1v) is 8.93. The van der Waals surface area contributed by atoms with E-state index in [9.17, 15) is 33.3 Å². The summed E-state index contributed by atoms with van der Waals surface area (Å²) in [6.07, 6.45) is 0. The number of amides is 3. The fourth-order valence-corrected chi connectivity index (χ4v) is 3.38. The lowest BCUT2D eigenvalue weighted by molar-refractivity contribution is -0.385. The second-order valence-corrected chi connectivity index (χ2v) is 6.91. The van der Waals surface area contributed by atoms with E-state index in [0.717, 1.165) is 18.2 Å². The lowest BCUT2D eigenvalue weighted by Crippen LogP contribution is -2.48. The molecule has 1 aliphatic rings. The van der Waals surface area contributed by atoms with Crippen LogP contribution in [0.2, 0.25) is 0 Å². The smallest absolute Gasteiger partial charge is 0.282 e. The van der Waals surface area contributed by atoms with Gasteiger partial charge in [-0.05, 0) is 37.6 Å². The van der Waals surface area contributed by atoms with Crippen LogP contribution in [0.4, 0.5) is 14.5 Å². The monoisotopic (exact) mass is 417 g/mol. The van der Waals surface area contributed by atoms with Crippen molar-refractivity contribution in [3.8, 4) is 0 Å². The van der Waals surface area contributed by atoms with Gasteiger partial charge in [0.2, 0.25) is 5.91 Å². The highest BCUT2D eigenvalue weighted by Gasteiger charge is 2.45. The van der Waals surface area contributed by atoms with Gasteiger partial charge in [-0.15, -0.1) is 0 Å². The zero-order valence-electron chi connectivity index (χ0n) is 16.3. The normalized spacial score (nSPS) is 15.0. The molecular weight excluding hydrogens is 400 g/mol. The SMILES string of the molecule is CC(c1ccc(F)c(F)c1)N(C)C(=O)C(C)N1C(=O)c2cccc([N+](=O)[O-])c2C1=O. The number of fused-ring (bicyclic) bond motifs is 1. The van der Waals surface area contributed by atoms with E-state index in [-0.39, 0.29) is 11.1 Å². The number of carbonyl (C=O) groups is 3. The molecule has 0 radical (unpaired) electrons. The highest BCUT2D eigenvalue weighted by atomic mass is 19.2. The molecule has 2 aromatic rings. The minimum Gasteiger partial charge on any atom is -0.337 e. The molecule has 156 valence electrons. The molecule has 0 N–H and O–H groups in total. The summed E-state index contributed by atoms with van der Waals surface area (Å²) >= 11 is 0. The van der Waals surface area contributed by atoms with Gasteiger partial charge in [0.05, 0.1) is 16.5 Å². The Labute approximate surface area is 169 Å². The largest absolute Gasteiger partial charge is 0.337 e. The van der Waals surface area contributed by atoms with Gasteiger partial charge in [-0.3, -0.25) is 29.4 Å². The van der Waals surface area contributed by atoms with Gasteiger partial charge in [-0.25, -0.2) is 8.78 Å². The molecule has 30 heavy (non-hydrogen) atoms. The number of hydrogen-bond donors (Lipinski definition) is 0. The van der Waals surface area contributed by atoms with Crippen molar-refractivity contribution in [2.45, 2.75) is 25.9 Å². The summed E-state index contributed by atoms with van der Waals surface area (Å²) in [7, 11) is 1.39. The fourth-order valence-electron chi connectivity index (χ4n) is 3.38. The minimum atomic E-state index is -1.27. The van der Waals surface area contributed by atoms with Crippen LogP contribution >= 0.6 is 0 Å². The molecule has 2 atom stereocenters. The third-order valence-electron chi connectivity index (χ3n) is 5.22. The number of benzene rings is 2. The van der Waals surface area contributed by atoms with Crippen molar-refractivity contribution in [3.63, 3.8) is 0 Å². The van der Waals surface area contributed by atoms with E-state index in [0.29, 0.717) is 10.5 Å². The van der Waals surface area contributed by atoms with E-state index in [1.165, 1.54) is 37.1 Å². The number of nitrogens with zero attached hydrogens (tertiary/aromatic N) is 3. The van der Waals surface area contributed by atoms with Crippen molar-refractivity contribution in [2.24, 2.45) is 0 Å². The van der Waals surface area contributed by atoms with E-state index in [1.807, 2.05) is 0 Å². The van der Waals surface area contributed by atoms with Crippen LogP contribution < -0.4 is 0 Å². The molecule has 8 nitrogen and oxygen atoms in total. The molecular formula is C20H17F2N3O5. The van der Waals surface area contributed by atoms with Crippen LogP contribution in [0.5, 0.6) is 0 Å². The zero-order chi connectivity index (χ0) is 22.3. The average molecular weight is 417 g/mol. The van der Waals surface area contributed by atoms with Gasteiger partial charge in [0, 0.05) is 13.1 Å². The average Bonchev–Trinajstić information content (AvgIpc) is 2.98. The number of hydrogen-bond acceptors (Lipinski definition) is 5. The van der Waals surface area contributed by atoms with E-state index < -0.39 is 52.1 Å². The first kappa shape index (κ1) is 21.0. The van der Waals surface area contributed by atoms with Crippen molar-refractivity contribution in [1.82, 2.24) is 9.80 Å². The van der Waals surface area contributed by atoms with Gasteiger partial charge in [-0.1, -0.05) is 12.1 Å². The Morgan fingerprint density at radius 2 is 1.77 bits per heavy atom. The summed E-state index contributed by atoms with van der Waals surface area (Å²) in [6, 6.07) is 4.93. The zero-order valence-corrected chi connectivity index (χ0v) is 16.3. The molecule has 3 rings (SSSR count). The first-order chi connectivity index (χ1) is 14.1. The van der Waals surface area contributed by atoms with Gasteiger partial charge < -0.3 is 4.90 Å². The molecule has 3 amide bonds. The Morgan fingerprint density at radius 1 is 1.10 bits per heavy atom. The molecule has 0 aromatic heterocycles. The molecule has 0 fully saturated rings. The second kappa shape index (κ2) is 7.62. The van der Waals surface area contributed by atoms with E-state index in [1.54, 1.807) is 6.92 Å². The standard InChI is InChI=1S/C20H17F2N3O5/c1-10(12-7-8-14(21)15(22)9-12)23(3)18(26)11(2)24-19(27)13-5-4-6-16(25(29)30)17(13)20(24)28/h4-11H,1-3H3. The third-order valence-corrected chi connectivity index (χ3v) is 5.22. The highest BCUT2D eigenvalue weighted by molar-refractivity contribution is 6.24. The van der Waals surface area contributed by atoms with Crippen molar-refractivity contribution in [3.05, 3.63) is 74.8 Å². The summed E-state index contributed by atoms with van der Waals surface area (Å²) in [5.74, 6) is -4.49. The van der Waals surface area contributed by atoms with Crippen LogP contribution in [0.1, 0.15) is 46.2 Å². The predicted molar refractivity (Wildman–Crippen MR) is 101 cm³/mol. The Morgan fingerprint density at radius 3 is 2.37 bits per heavy atom. The molecule has 10 heteroatoms. The first-order valence-electron chi connectivity index (χ1n) is 8.93. The Bertz CT molecular complexity index is 1090. The minimum absolute atomic E-state index is 0.148. The van der Waals surface area contributed by atoms with Crippen molar-refractivity contribution in [2.75, 3.05) is 7.05 Å². The molecule has 1 aliphatic heterocycles. The number of imide groups is 1. The van der Waals surface area contributed by atoms with Crippen LogP contribution in [-0.4, -0.2) is 45.5 Å². The summed E-state index contributed by atoms with van der Waals surface area (Å²) in [6.45, 7) is 2.90. The van der Waals surface area contributed by atoms with Crippen LogP contribution in [0.15, 0.2) is 36.4 Å². The maximum Gasteiger partial charge on any atom is 0.282 e. The number of likely N-dealkylation sites (N-methyl/N-ethyl adjacent to an activating group) is 1. The van der Waals surface area contributed by atoms with E-state index in [2.05, 4.69) is 0 Å². The molecule has 0 bridgehead atoms. The van der Waals surface area contributed by atoms with Gasteiger partial charge in [0.15, 0.2) is 11.6 Å². The number of rotatable bonds is 5. The number of nitro benzene ring substituents is 1. The number of nitro groups is 1. The lowest BCUT2D eigenvalue weighted by atomic mass is 10.1. The van der Waals surface area contributed by atoms with Crippen molar-refractivity contribution < 1.29 is 28.1 Å². The molecule has 0 aliphatic carbocycles. The number of halogens is 2. The van der Waals surface area contributed by atoms with Crippen molar-refractivity contribution >= 4 is 23.4 Å². The highest BCUT2D eigenvalue weighted by Crippen LogP contribution is 2.32. The van der Waals surface area contributed by atoms with E-state index in [4.69, 9.17) is 0 Å². The van der Waals surface area contributed by atoms with Gasteiger partial charge in [0.1, 0.15) is 11.6 Å². The topological polar surface area (TPSA) is 101 Å². The van der Waals surface area contributed by atoms with E-state index >= 15 is 0 Å². The van der Waals surface area contributed by atoms with Gasteiger partial charge in [0.25, 0.3) is 17.5 Å². The molecule has 1 heterocycles. The summed E-state index contributed by atoms with van der Waals surface area (Å²) in [4.78, 5) is 50.7.